The molecule has 0 radical (unpaired) electrons. The Balaban J connectivity index is 3.79. The molecule has 0 aromatic rings. The molecule has 0 aliphatic rings. The zero-order valence-electron chi connectivity index (χ0n) is 13.1. The van der Waals surface area contributed by atoms with Gasteiger partial charge in [0.2, 0.25) is 0 Å². The molecule has 0 saturated heterocycles. The Morgan fingerprint density at radius 1 is 1.05 bits per heavy atom. The topological polar surface area (TPSA) is 77.8 Å². The van der Waals surface area contributed by atoms with Crippen LogP contribution in [0.4, 0.5) is 0 Å². The van der Waals surface area contributed by atoms with Crippen LogP contribution in [0, 0.1) is 5.92 Å². The van der Waals surface area contributed by atoms with Crippen molar-refractivity contribution in [1.82, 2.24) is 0 Å². The number of hydrogen-bond acceptors (Lipinski definition) is 3. The van der Waals surface area contributed by atoms with Crippen LogP contribution in [0.25, 0.3) is 0 Å². The van der Waals surface area contributed by atoms with Crippen molar-refractivity contribution < 1.29 is 20.1 Å². The lowest BCUT2D eigenvalue weighted by atomic mass is 9.88. The quantitative estimate of drug-likeness (QED) is 0.454. The van der Waals surface area contributed by atoms with Gasteiger partial charge < -0.3 is 15.3 Å². The van der Waals surface area contributed by atoms with E-state index in [1.165, 1.54) is 32.1 Å². The normalized spacial score (nSPS) is 15.8. The van der Waals surface area contributed by atoms with Gasteiger partial charge in [-0.2, -0.15) is 0 Å². The van der Waals surface area contributed by atoms with Crippen LogP contribution >= 0.6 is 0 Å². The molecule has 0 aliphatic carbocycles. The molecule has 0 amide bonds. The third-order valence-corrected chi connectivity index (χ3v) is 4.00. The smallest absolute Gasteiger partial charge is 0.306 e. The average molecular weight is 288 g/mol. The van der Waals surface area contributed by atoms with E-state index in [-0.39, 0.29) is 6.61 Å². The number of unbranched alkanes of at least 4 members (excludes halogenated alkanes) is 6. The van der Waals surface area contributed by atoms with Crippen LogP contribution in [0.1, 0.15) is 78.1 Å². The standard InChI is InChI=1S/C16H32O4/c1-3-4-5-6-7-8-9-11-16(20,13-17)12-10-14(2)15(18)19/h14,17,20H,3-13H2,1-2H3,(H,18,19). The first-order valence-corrected chi connectivity index (χ1v) is 8.01. The van der Waals surface area contributed by atoms with Crippen LogP contribution in [-0.2, 0) is 4.79 Å². The van der Waals surface area contributed by atoms with Crippen LogP contribution in [0.2, 0.25) is 0 Å². The van der Waals surface area contributed by atoms with Crippen LogP contribution in [0.15, 0.2) is 0 Å². The van der Waals surface area contributed by atoms with E-state index in [2.05, 4.69) is 6.92 Å². The number of carboxylic acids is 1. The Morgan fingerprint density at radius 2 is 1.60 bits per heavy atom. The second-order valence-corrected chi connectivity index (χ2v) is 6.03. The van der Waals surface area contributed by atoms with Crippen LogP contribution in [0.5, 0.6) is 0 Å². The highest BCUT2D eigenvalue weighted by Crippen LogP contribution is 2.23. The molecule has 4 heteroatoms. The fraction of sp³-hybridized carbons (Fsp3) is 0.938. The second-order valence-electron chi connectivity index (χ2n) is 6.03. The summed E-state index contributed by atoms with van der Waals surface area (Å²) in [7, 11) is 0. The van der Waals surface area contributed by atoms with Crippen LogP contribution in [0.3, 0.4) is 0 Å². The highest BCUT2D eigenvalue weighted by Gasteiger charge is 2.27. The van der Waals surface area contributed by atoms with Gasteiger partial charge in [-0.25, -0.2) is 0 Å². The first-order valence-electron chi connectivity index (χ1n) is 8.01. The van der Waals surface area contributed by atoms with Crippen molar-refractivity contribution in [3.8, 4) is 0 Å². The minimum atomic E-state index is -1.10. The molecule has 0 rings (SSSR count). The number of aliphatic hydroxyl groups is 2. The summed E-state index contributed by atoms with van der Waals surface area (Å²) in [5.74, 6) is -1.32. The van der Waals surface area contributed by atoms with Crippen molar-refractivity contribution in [2.24, 2.45) is 5.92 Å². The summed E-state index contributed by atoms with van der Waals surface area (Å²) in [5, 5.41) is 28.4. The highest BCUT2D eigenvalue weighted by atomic mass is 16.4. The fourth-order valence-electron chi connectivity index (χ4n) is 2.30. The molecular formula is C16H32O4. The lowest BCUT2D eigenvalue weighted by Crippen LogP contribution is -2.34. The van der Waals surface area contributed by atoms with Gasteiger partial charge in [0.25, 0.3) is 0 Å². The molecule has 0 aliphatic heterocycles. The Labute approximate surface area is 123 Å². The molecule has 0 aromatic carbocycles. The van der Waals surface area contributed by atoms with Crippen molar-refractivity contribution in [1.29, 1.82) is 0 Å². The summed E-state index contributed by atoms with van der Waals surface area (Å²) < 4.78 is 0. The number of aliphatic hydroxyl groups excluding tert-OH is 1. The van der Waals surface area contributed by atoms with Crippen molar-refractivity contribution in [2.45, 2.75) is 83.7 Å². The number of hydrogen-bond donors (Lipinski definition) is 3. The Hall–Kier alpha value is -0.610. The Kier molecular flexibility index (Phi) is 10.8. The molecular weight excluding hydrogens is 256 g/mol. The SMILES string of the molecule is CCCCCCCCCC(O)(CO)CCC(C)C(=O)O. The number of aliphatic carboxylic acids is 1. The van der Waals surface area contributed by atoms with E-state index in [0.29, 0.717) is 19.3 Å². The molecule has 0 heterocycles. The summed E-state index contributed by atoms with van der Waals surface area (Å²) in [6.07, 6.45) is 9.50. The molecule has 0 spiro atoms. The van der Waals surface area contributed by atoms with Gasteiger partial charge in [0.15, 0.2) is 0 Å². The lowest BCUT2D eigenvalue weighted by Gasteiger charge is -2.26. The molecule has 4 nitrogen and oxygen atoms in total. The Morgan fingerprint density at radius 3 is 2.10 bits per heavy atom. The maximum Gasteiger partial charge on any atom is 0.306 e. The van der Waals surface area contributed by atoms with Crippen molar-refractivity contribution in [2.75, 3.05) is 6.61 Å². The first kappa shape index (κ1) is 19.4. The maximum absolute atomic E-state index is 10.7. The fourth-order valence-corrected chi connectivity index (χ4v) is 2.30. The van der Waals surface area contributed by atoms with E-state index in [4.69, 9.17) is 5.11 Å². The van der Waals surface area contributed by atoms with E-state index in [1.54, 1.807) is 6.92 Å². The van der Waals surface area contributed by atoms with Crippen molar-refractivity contribution in [3.05, 3.63) is 0 Å². The minimum Gasteiger partial charge on any atom is -0.481 e. The van der Waals surface area contributed by atoms with Gasteiger partial charge >= 0.3 is 5.97 Å². The number of rotatable bonds is 13. The zero-order chi connectivity index (χ0) is 15.4. The van der Waals surface area contributed by atoms with Crippen molar-refractivity contribution in [3.63, 3.8) is 0 Å². The van der Waals surface area contributed by atoms with Gasteiger partial charge in [-0.15, -0.1) is 0 Å². The van der Waals surface area contributed by atoms with E-state index in [9.17, 15) is 15.0 Å². The predicted octanol–water partition coefficient (Wildman–Crippen LogP) is 3.35. The average Bonchev–Trinajstić information content (AvgIpc) is 2.43. The van der Waals surface area contributed by atoms with Gasteiger partial charge in [0.1, 0.15) is 0 Å². The second kappa shape index (κ2) is 11.1. The third kappa shape index (κ3) is 9.32. The Bertz CT molecular complexity index is 255. The molecule has 20 heavy (non-hydrogen) atoms. The lowest BCUT2D eigenvalue weighted by molar-refractivity contribution is -0.141. The molecule has 3 N–H and O–H groups in total. The van der Waals surface area contributed by atoms with Gasteiger partial charge in [0.05, 0.1) is 18.1 Å². The maximum atomic E-state index is 10.7. The highest BCUT2D eigenvalue weighted by molar-refractivity contribution is 5.69. The van der Waals surface area contributed by atoms with Crippen molar-refractivity contribution >= 4 is 5.97 Å². The third-order valence-electron chi connectivity index (χ3n) is 4.00. The van der Waals surface area contributed by atoms with E-state index >= 15 is 0 Å². The van der Waals surface area contributed by atoms with Gasteiger partial charge in [0, 0.05) is 0 Å². The van der Waals surface area contributed by atoms with E-state index < -0.39 is 17.5 Å². The van der Waals surface area contributed by atoms with Gasteiger partial charge in [-0.3, -0.25) is 4.79 Å². The molecule has 0 saturated carbocycles. The zero-order valence-corrected chi connectivity index (χ0v) is 13.1. The number of carbonyl (C=O) groups is 1. The largest absolute Gasteiger partial charge is 0.481 e. The monoisotopic (exact) mass is 288 g/mol. The van der Waals surface area contributed by atoms with E-state index in [0.717, 1.165) is 12.8 Å². The number of carboxylic acid groups (broad SMARTS) is 1. The minimum absolute atomic E-state index is 0.283. The van der Waals surface area contributed by atoms with Crippen LogP contribution in [-0.4, -0.2) is 33.5 Å². The van der Waals surface area contributed by atoms with E-state index in [1.807, 2.05) is 0 Å². The molecule has 0 bridgehead atoms. The first-order chi connectivity index (χ1) is 9.45. The summed E-state index contributed by atoms with van der Waals surface area (Å²) >= 11 is 0. The molecule has 120 valence electrons. The summed E-state index contributed by atoms with van der Waals surface area (Å²) in [6.45, 7) is 3.54. The predicted molar refractivity (Wildman–Crippen MR) is 80.7 cm³/mol. The molecule has 2 atom stereocenters. The van der Waals surface area contributed by atoms with Crippen LogP contribution < -0.4 is 0 Å². The van der Waals surface area contributed by atoms with Gasteiger partial charge in [-0.1, -0.05) is 58.8 Å². The molecule has 0 aromatic heterocycles. The molecule has 0 fully saturated rings. The summed E-state index contributed by atoms with van der Waals surface area (Å²) in [6, 6.07) is 0. The summed E-state index contributed by atoms with van der Waals surface area (Å²) in [4.78, 5) is 10.7. The summed E-state index contributed by atoms with van der Waals surface area (Å²) in [5.41, 5.74) is -1.10. The molecule has 2 unspecified atom stereocenters. The van der Waals surface area contributed by atoms with Gasteiger partial charge in [-0.05, 0) is 19.3 Å².